The van der Waals surface area contributed by atoms with Crippen LogP contribution in [0.15, 0.2) is 24.3 Å². The third-order valence-corrected chi connectivity index (χ3v) is 4.41. The van der Waals surface area contributed by atoms with E-state index in [2.05, 4.69) is 10.6 Å². The molecule has 1 aliphatic heterocycles. The Hall–Kier alpha value is -2.77. The van der Waals surface area contributed by atoms with Crippen molar-refractivity contribution in [1.29, 1.82) is 0 Å². The zero-order valence-electron chi connectivity index (χ0n) is 16.7. The first-order valence-corrected chi connectivity index (χ1v) is 9.60. The quantitative estimate of drug-likeness (QED) is 0.579. The summed E-state index contributed by atoms with van der Waals surface area (Å²) in [7, 11) is 0. The topological polar surface area (TPSA) is 97.0 Å². The fourth-order valence-corrected chi connectivity index (χ4v) is 2.98. The van der Waals surface area contributed by atoms with Gasteiger partial charge in [0.2, 0.25) is 11.8 Å². The van der Waals surface area contributed by atoms with E-state index in [4.69, 9.17) is 9.47 Å². The minimum Gasteiger partial charge on any atom is -0.490 e. The molecular formula is C20H29N3O5. The van der Waals surface area contributed by atoms with Crippen LogP contribution in [0.2, 0.25) is 0 Å². The van der Waals surface area contributed by atoms with Crippen molar-refractivity contribution in [2.24, 2.45) is 5.92 Å². The number of hydrogen-bond donors (Lipinski definition) is 2. The van der Waals surface area contributed by atoms with Gasteiger partial charge in [0.1, 0.15) is 0 Å². The zero-order chi connectivity index (χ0) is 20.5. The van der Waals surface area contributed by atoms with Gasteiger partial charge in [0, 0.05) is 32.1 Å². The van der Waals surface area contributed by atoms with E-state index in [0.717, 1.165) is 0 Å². The first kappa shape index (κ1) is 21.5. The summed E-state index contributed by atoms with van der Waals surface area (Å²) in [5, 5.41) is 5.46. The number of rotatable bonds is 10. The largest absolute Gasteiger partial charge is 0.490 e. The van der Waals surface area contributed by atoms with Crippen LogP contribution in [-0.2, 0) is 14.4 Å². The van der Waals surface area contributed by atoms with Gasteiger partial charge in [0.15, 0.2) is 18.1 Å². The first-order chi connectivity index (χ1) is 13.4. The van der Waals surface area contributed by atoms with Crippen molar-refractivity contribution in [1.82, 2.24) is 15.5 Å². The van der Waals surface area contributed by atoms with Crippen LogP contribution in [0.5, 0.6) is 11.5 Å². The lowest BCUT2D eigenvalue weighted by Gasteiger charge is -2.20. The lowest BCUT2D eigenvalue weighted by molar-refractivity contribution is -0.129. The standard InChI is InChI=1S/C20H29N3O5/c1-4-27-16-7-5-6-8-17(16)28-13-18(24)21-9-10-22-20(26)15-11-19(25)23(12-15)14(2)3/h5-8,14-15H,4,9-13H2,1-3H3,(H,21,24)(H,22,26). The molecule has 1 heterocycles. The van der Waals surface area contributed by atoms with Gasteiger partial charge in [-0.25, -0.2) is 0 Å². The molecule has 3 amide bonds. The molecule has 1 aromatic rings. The molecule has 1 fully saturated rings. The number of ether oxygens (including phenoxy) is 2. The van der Waals surface area contributed by atoms with Gasteiger partial charge in [-0.05, 0) is 32.9 Å². The number of hydrogen-bond acceptors (Lipinski definition) is 5. The Kier molecular flexibility index (Phi) is 8.10. The average molecular weight is 391 g/mol. The molecule has 0 bridgehead atoms. The maximum Gasteiger partial charge on any atom is 0.258 e. The Bertz CT molecular complexity index is 692. The van der Waals surface area contributed by atoms with E-state index in [1.54, 1.807) is 23.1 Å². The molecule has 154 valence electrons. The number of carbonyl (C=O) groups excluding carboxylic acids is 3. The predicted octanol–water partition coefficient (Wildman–Crippen LogP) is 0.953. The minimum absolute atomic E-state index is 0.00735. The number of benzene rings is 1. The molecule has 2 N–H and O–H groups in total. The normalized spacial score (nSPS) is 16.2. The van der Waals surface area contributed by atoms with Crippen LogP contribution in [0.1, 0.15) is 27.2 Å². The number of carbonyl (C=O) groups is 3. The molecule has 0 spiro atoms. The molecule has 2 rings (SSSR count). The van der Waals surface area contributed by atoms with Crippen LogP contribution in [0.4, 0.5) is 0 Å². The van der Waals surface area contributed by atoms with Crippen molar-refractivity contribution in [3.8, 4) is 11.5 Å². The lowest BCUT2D eigenvalue weighted by Crippen LogP contribution is -2.40. The van der Waals surface area contributed by atoms with Crippen LogP contribution < -0.4 is 20.1 Å². The third-order valence-electron chi connectivity index (χ3n) is 4.41. The molecule has 0 aromatic heterocycles. The minimum atomic E-state index is -0.330. The van der Waals surface area contributed by atoms with Gasteiger partial charge in [0.25, 0.3) is 5.91 Å². The maximum atomic E-state index is 12.2. The van der Waals surface area contributed by atoms with Gasteiger partial charge in [-0.1, -0.05) is 12.1 Å². The van der Waals surface area contributed by atoms with Gasteiger partial charge in [0.05, 0.1) is 12.5 Å². The van der Waals surface area contributed by atoms with Crippen molar-refractivity contribution >= 4 is 17.7 Å². The second-order valence-electron chi connectivity index (χ2n) is 6.85. The molecule has 1 saturated heterocycles. The fourth-order valence-electron chi connectivity index (χ4n) is 2.98. The summed E-state index contributed by atoms with van der Waals surface area (Å²) in [4.78, 5) is 37.7. The van der Waals surface area contributed by atoms with Crippen LogP contribution in [-0.4, -0.2) is 61.5 Å². The fraction of sp³-hybridized carbons (Fsp3) is 0.550. The van der Waals surface area contributed by atoms with Gasteiger partial charge in [-0.15, -0.1) is 0 Å². The molecule has 0 radical (unpaired) electrons. The van der Waals surface area contributed by atoms with E-state index in [1.165, 1.54) is 0 Å². The molecule has 1 aliphatic rings. The molecule has 1 unspecified atom stereocenters. The summed E-state index contributed by atoms with van der Waals surface area (Å²) in [5.74, 6) is 0.326. The summed E-state index contributed by atoms with van der Waals surface area (Å²) in [5.41, 5.74) is 0. The van der Waals surface area contributed by atoms with Gasteiger partial charge in [-0.2, -0.15) is 0 Å². The van der Waals surface area contributed by atoms with E-state index < -0.39 is 0 Å². The third kappa shape index (κ3) is 6.14. The molecule has 0 saturated carbocycles. The average Bonchev–Trinajstić information content (AvgIpc) is 3.07. The van der Waals surface area contributed by atoms with E-state index in [1.807, 2.05) is 26.8 Å². The molecule has 1 atom stereocenters. The smallest absolute Gasteiger partial charge is 0.258 e. The van der Waals surface area contributed by atoms with Crippen LogP contribution in [0.25, 0.3) is 0 Å². The molecule has 1 aromatic carbocycles. The first-order valence-electron chi connectivity index (χ1n) is 9.60. The van der Waals surface area contributed by atoms with Crippen molar-refractivity contribution in [3.05, 3.63) is 24.3 Å². The Morgan fingerprint density at radius 1 is 1.14 bits per heavy atom. The number of likely N-dealkylation sites (tertiary alicyclic amines) is 1. The molecule has 0 aliphatic carbocycles. The molecule has 28 heavy (non-hydrogen) atoms. The Balaban J connectivity index is 1.65. The van der Waals surface area contributed by atoms with Gasteiger partial charge < -0.3 is 25.0 Å². The van der Waals surface area contributed by atoms with Crippen molar-refractivity contribution in [3.63, 3.8) is 0 Å². The second kappa shape index (κ2) is 10.5. The Morgan fingerprint density at radius 3 is 2.39 bits per heavy atom. The summed E-state index contributed by atoms with van der Waals surface area (Å²) in [6.45, 7) is 7.14. The Morgan fingerprint density at radius 2 is 1.79 bits per heavy atom. The predicted molar refractivity (Wildman–Crippen MR) is 104 cm³/mol. The highest BCUT2D eigenvalue weighted by atomic mass is 16.5. The van der Waals surface area contributed by atoms with Crippen molar-refractivity contribution in [2.45, 2.75) is 33.2 Å². The highest BCUT2D eigenvalue weighted by molar-refractivity contribution is 5.89. The van der Waals surface area contributed by atoms with Crippen molar-refractivity contribution < 1.29 is 23.9 Å². The summed E-state index contributed by atoms with van der Waals surface area (Å²) >= 11 is 0. The number of para-hydroxylation sites is 2. The summed E-state index contributed by atoms with van der Waals surface area (Å²) in [6, 6.07) is 7.25. The van der Waals surface area contributed by atoms with Gasteiger partial charge >= 0.3 is 0 Å². The van der Waals surface area contributed by atoms with E-state index in [9.17, 15) is 14.4 Å². The van der Waals surface area contributed by atoms with E-state index in [-0.39, 0.29) is 49.3 Å². The maximum absolute atomic E-state index is 12.2. The van der Waals surface area contributed by atoms with Crippen LogP contribution in [0.3, 0.4) is 0 Å². The van der Waals surface area contributed by atoms with Crippen LogP contribution in [0, 0.1) is 5.92 Å². The molecule has 8 heteroatoms. The Labute approximate surface area is 165 Å². The SMILES string of the molecule is CCOc1ccccc1OCC(=O)NCCNC(=O)C1CC(=O)N(C(C)C)C1. The summed E-state index contributed by atoms with van der Waals surface area (Å²) < 4.78 is 10.9. The zero-order valence-corrected chi connectivity index (χ0v) is 16.7. The lowest BCUT2D eigenvalue weighted by atomic mass is 10.1. The monoisotopic (exact) mass is 391 g/mol. The van der Waals surface area contributed by atoms with Crippen LogP contribution >= 0.6 is 0 Å². The van der Waals surface area contributed by atoms with E-state index in [0.29, 0.717) is 31.2 Å². The summed E-state index contributed by atoms with van der Waals surface area (Å²) in [6.07, 6.45) is 0.240. The highest BCUT2D eigenvalue weighted by Crippen LogP contribution is 2.26. The second-order valence-corrected chi connectivity index (χ2v) is 6.85. The van der Waals surface area contributed by atoms with E-state index >= 15 is 0 Å². The number of amides is 3. The number of nitrogens with zero attached hydrogens (tertiary/aromatic N) is 1. The number of nitrogens with one attached hydrogen (secondary N) is 2. The van der Waals surface area contributed by atoms with Crippen molar-refractivity contribution in [2.75, 3.05) is 32.8 Å². The molecular weight excluding hydrogens is 362 g/mol. The highest BCUT2D eigenvalue weighted by Gasteiger charge is 2.35. The van der Waals surface area contributed by atoms with Gasteiger partial charge in [-0.3, -0.25) is 14.4 Å². The molecule has 8 nitrogen and oxygen atoms in total.